The number of nitrogens with one attached hydrogen (secondary N) is 1. The van der Waals surface area contributed by atoms with Gasteiger partial charge < -0.3 is 15.3 Å². The van der Waals surface area contributed by atoms with Crippen molar-refractivity contribution in [3.05, 3.63) is 35.4 Å². The van der Waals surface area contributed by atoms with E-state index in [1.165, 1.54) is 0 Å². The molecular formula is C14H16F2N2O3. The minimum Gasteiger partial charge on any atom is -0.396 e. The molecule has 114 valence electrons. The number of carbonyl (C=O) groups is 1. The van der Waals surface area contributed by atoms with Gasteiger partial charge >= 0.3 is 0 Å². The number of nitrogens with zero attached hydrogens (tertiary/aromatic N) is 1. The molecule has 0 bridgehead atoms. The summed E-state index contributed by atoms with van der Waals surface area (Å²) in [4.78, 5) is 16.8. The molecule has 0 saturated carbocycles. The van der Waals surface area contributed by atoms with Crippen LogP contribution in [0, 0.1) is 17.6 Å². The van der Waals surface area contributed by atoms with Crippen molar-refractivity contribution in [2.75, 3.05) is 13.2 Å². The zero-order valence-corrected chi connectivity index (χ0v) is 11.5. The molecule has 1 aliphatic rings. The molecule has 0 radical (unpaired) electrons. The van der Waals surface area contributed by atoms with Crippen molar-refractivity contribution in [2.24, 2.45) is 11.1 Å². The van der Waals surface area contributed by atoms with E-state index in [0.717, 1.165) is 18.2 Å². The Morgan fingerprint density at radius 3 is 3.05 bits per heavy atom. The van der Waals surface area contributed by atoms with Gasteiger partial charge in [0.15, 0.2) is 0 Å². The molecule has 2 N–H and O–H groups in total. The zero-order valence-electron chi connectivity index (χ0n) is 11.5. The van der Waals surface area contributed by atoms with Crippen LogP contribution in [0.15, 0.2) is 23.4 Å². The minimum absolute atomic E-state index is 0.00553. The van der Waals surface area contributed by atoms with Gasteiger partial charge in [-0.2, -0.15) is 0 Å². The third kappa shape index (κ3) is 3.75. The second-order valence-electron chi connectivity index (χ2n) is 4.99. The van der Waals surface area contributed by atoms with Crippen molar-refractivity contribution in [1.29, 1.82) is 0 Å². The lowest BCUT2D eigenvalue weighted by atomic mass is 10.0. The Morgan fingerprint density at radius 1 is 1.57 bits per heavy atom. The molecule has 0 fully saturated rings. The molecule has 0 aromatic heterocycles. The molecule has 5 nitrogen and oxygen atoms in total. The average Bonchev–Trinajstić information content (AvgIpc) is 2.96. The number of rotatable bonds is 5. The highest BCUT2D eigenvalue weighted by molar-refractivity contribution is 6.04. The Bertz CT molecular complexity index is 563. The summed E-state index contributed by atoms with van der Waals surface area (Å²) in [5, 5.41) is 15.1. The van der Waals surface area contributed by atoms with E-state index in [9.17, 15) is 13.6 Å². The first kappa shape index (κ1) is 15.4. The normalized spacial score (nSPS) is 18.9. The fourth-order valence-electron chi connectivity index (χ4n) is 1.85. The standard InChI is InChI=1S/C14H16F2N2O3/c1-8(7-19)6-17-14(20)13-5-12(18-21-13)10-4-9(15)2-3-11(10)16/h2-4,8,13,19H,5-7H2,1H3,(H,17,20). The molecule has 1 aromatic carbocycles. The number of benzene rings is 1. The van der Waals surface area contributed by atoms with Gasteiger partial charge in [0, 0.05) is 25.1 Å². The van der Waals surface area contributed by atoms with Gasteiger partial charge in [-0.1, -0.05) is 12.1 Å². The third-order valence-electron chi connectivity index (χ3n) is 3.14. The van der Waals surface area contributed by atoms with Gasteiger partial charge in [-0.15, -0.1) is 0 Å². The van der Waals surface area contributed by atoms with Crippen LogP contribution >= 0.6 is 0 Å². The van der Waals surface area contributed by atoms with Gasteiger partial charge in [0.05, 0.1) is 5.71 Å². The molecule has 21 heavy (non-hydrogen) atoms. The maximum Gasteiger partial charge on any atom is 0.264 e. The molecule has 1 amide bonds. The lowest BCUT2D eigenvalue weighted by Gasteiger charge is -2.12. The Balaban J connectivity index is 1.96. The third-order valence-corrected chi connectivity index (χ3v) is 3.14. The van der Waals surface area contributed by atoms with E-state index in [-0.39, 0.29) is 30.2 Å². The molecule has 0 saturated heterocycles. The molecule has 2 atom stereocenters. The fourth-order valence-corrected chi connectivity index (χ4v) is 1.85. The summed E-state index contributed by atoms with van der Waals surface area (Å²) in [5.41, 5.74) is 0.191. The second kappa shape index (κ2) is 6.62. The van der Waals surface area contributed by atoms with E-state index in [1.54, 1.807) is 6.92 Å². The fraction of sp³-hybridized carbons (Fsp3) is 0.429. The molecule has 1 aliphatic heterocycles. The maximum absolute atomic E-state index is 13.6. The van der Waals surface area contributed by atoms with Crippen LogP contribution in [0.1, 0.15) is 18.9 Å². The van der Waals surface area contributed by atoms with Crippen LogP contribution < -0.4 is 5.32 Å². The summed E-state index contributed by atoms with van der Waals surface area (Å²) in [6.45, 7) is 2.04. The Hall–Kier alpha value is -2.02. The van der Waals surface area contributed by atoms with Gasteiger partial charge in [0.25, 0.3) is 5.91 Å². The SMILES string of the molecule is CC(CO)CNC(=O)C1CC(c2cc(F)ccc2F)=NO1. The van der Waals surface area contributed by atoms with Crippen molar-refractivity contribution in [3.63, 3.8) is 0 Å². The summed E-state index contributed by atoms with van der Waals surface area (Å²) >= 11 is 0. The van der Waals surface area contributed by atoms with Crippen LogP contribution in [0.25, 0.3) is 0 Å². The predicted molar refractivity (Wildman–Crippen MR) is 71.6 cm³/mol. The topological polar surface area (TPSA) is 70.9 Å². The van der Waals surface area contributed by atoms with Crippen LogP contribution in [0.2, 0.25) is 0 Å². The summed E-state index contributed by atoms with van der Waals surface area (Å²) in [5.74, 6) is -1.67. The van der Waals surface area contributed by atoms with Crippen LogP contribution in [-0.2, 0) is 9.63 Å². The smallest absolute Gasteiger partial charge is 0.264 e. The second-order valence-corrected chi connectivity index (χ2v) is 4.99. The summed E-state index contributed by atoms with van der Waals surface area (Å²) < 4.78 is 26.8. The van der Waals surface area contributed by atoms with Gasteiger partial charge in [-0.3, -0.25) is 4.79 Å². The van der Waals surface area contributed by atoms with E-state index in [4.69, 9.17) is 9.94 Å². The monoisotopic (exact) mass is 298 g/mol. The lowest BCUT2D eigenvalue weighted by molar-refractivity contribution is -0.131. The molecule has 0 aliphatic carbocycles. The van der Waals surface area contributed by atoms with Crippen molar-refractivity contribution in [1.82, 2.24) is 5.32 Å². The van der Waals surface area contributed by atoms with Gasteiger partial charge in [0.1, 0.15) is 11.6 Å². The largest absolute Gasteiger partial charge is 0.396 e. The minimum atomic E-state index is -0.867. The van der Waals surface area contributed by atoms with Gasteiger partial charge in [0.2, 0.25) is 6.10 Å². The van der Waals surface area contributed by atoms with E-state index in [0.29, 0.717) is 6.54 Å². The van der Waals surface area contributed by atoms with E-state index in [2.05, 4.69) is 10.5 Å². The number of hydrogen-bond donors (Lipinski definition) is 2. The molecule has 7 heteroatoms. The number of aliphatic hydroxyl groups excluding tert-OH is 1. The number of amides is 1. The summed E-state index contributed by atoms with van der Waals surface area (Å²) in [7, 11) is 0. The van der Waals surface area contributed by atoms with E-state index >= 15 is 0 Å². The Kier molecular flexibility index (Phi) is 4.85. The van der Waals surface area contributed by atoms with Crippen LogP contribution in [0.5, 0.6) is 0 Å². The predicted octanol–water partition coefficient (Wildman–Crippen LogP) is 1.20. The van der Waals surface area contributed by atoms with Gasteiger partial charge in [-0.25, -0.2) is 8.78 Å². The molecule has 2 rings (SSSR count). The van der Waals surface area contributed by atoms with E-state index < -0.39 is 23.6 Å². The number of halogens is 2. The van der Waals surface area contributed by atoms with Gasteiger partial charge in [-0.05, 0) is 24.1 Å². The van der Waals surface area contributed by atoms with E-state index in [1.807, 2.05) is 0 Å². The van der Waals surface area contributed by atoms with Crippen molar-refractivity contribution >= 4 is 11.6 Å². The Morgan fingerprint density at radius 2 is 2.33 bits per heavy atom. The zero-order chi connectivity index (χ0) is 15.4. The summed E-state index contributed by atoms with van der Waals surface area (Å²) in [6.07, 6.45) is -0.798. The Labute approximate surface area is 120 Å². The molecule has 1 aromatic rings. The number of carbonyl (C=O) groups excluding carboxylic acids is 1. The maximum atomic E-state index is 13.6. The van der Waals surface area contributed by atoms with Crippen LogP contribution in [-0.4, -0.2) is 36.0 Å². The molecule has 0 spiro atoms. The van der Waals surface area contributed by atoms with Crippen LogP contribution in [0.3, 0.4) is 0 Å². The first-order valence-electron chi connectivity index (χ1n) is 6.58. The quantitative estimate of drug-likeness (QED) is 0.858. The highest BCUT2D eigenvalue weighted by atomic mass is 19.1. The average molecular weight is 298 g/mol. The highest BCUT2D eigenvalue weighted by Crippen LogP contribution is 2.20. The molecule has 2 unspecified atom stereocenters. The number of oxime groups is 1. The van der Waals surface area contributed by atoms with Crippen molar-refractivity contribution < 1.29 is 23.5 Å². The number of aliphatic hydroxyl groups is 1. The first-order valence-corrected chi connectivity index (χ1v) is 6.58. The molecule has 1 heterocycles. The van der Waals surface area contributed by atoms with Crippen molar-refractivity contribution in [2.45, 2.75) is 19.4 Å². The van der Waals surface area contributed by atoms with Crippen LogP contribution in [0.4, 0.5) is 8.78 Å². The first-order chi connectivity index (χ1) is 10.0. The highest BCUT2D eigenvalue weighted by Gasteiger charge is 2.30. The molecular weight excluding hydrogens is 282 g/mol. The number of hydrogen-bond acceptors (Lipinski definition) is 4. The lowest BCUT2D eigenvalue weighted by Crippen LogP contribution is -2.37. The van der Waals surface area contributed by atoms with Crippen molar-refractivity contribution in [3.8, 4) is 0 Å². The summed E-state index contributed by atoms with van der Waals surface area (Å²) in [6, 6.07) is 3.03.